The smallest absolute Gasteiger partial charge is 0.228 e. The molecule has 5 nitrogen and oxygen atoms in total. The summed E-state index contributed by atoms with van der Waals surface area (Å²) in [6.45, 7) is 4.05. The Hall–Kier alpha value is -1.98. The molecule has 144 valence electrons. The van der Waals surface area contributed by atoms with E-state index in [2.05, 4.69) is 27.0 Å². The van der Waals surface area contributed by atoms with Crippen molar-refractivity contribution < 1.29 is 4.79 Å². The number of nitrogens with zero attached hydrogens (tertiary/aromatic N) is 4. The second-order valence-electron chi connectivity index (χ2n) is 7.33. The Balaban J connectivity index is 1.44. The third kappa shape index (κ3) is 6.29. The van der Waals surface area contributed by atoms with Crippen molar-refractivity contribution in [1.82, 2.24) is 19.8 Å². The van der Waals surface area contributed by atoms with Crippen LogP contribution in [0, 0.1) is 5.92 Å². The fourth-order valence-corrected chi connectivity index (χ4v) is 3.77. The molecule has 1 saturated heterocycles. The van der Waals surface area contributed by atoms with Gasteiger partial charge in [-0.15, -0.1) is 0 Å². The van der Waals surface area contributed by atoms with Gasteiger partial charge in [0.15, 0.2) is 0 Å². The highest BCUT2D eigenvalue weighted by atomic mass is 35.5. The highest BCUT2D eigenvalue weighted by Gasteiger charge is 2.22. The quantitative estimate of drug-likeness (QED) is 0.733. The molecule has 0 bridgehead atoms. The van der Waals surface area contributed by atoms with Gasteiger partial charge in [-0.2, -0.15) is 0 Å². The van der Waals surface area contributed by atoms with Crippen LogP contribution in [0.5, 0.6) is 0 Å². The van der Waals surface area contributed by atoms with Crippen LogP contribution in [0.3, 0.4) is 0 Å². The lowest BCUT2D eigenvalue weighted by Gasteiger charge is -2.34. The molecule has 2 aromatic rings. The number of rotatable bonds is 7. The molecule has 27 heavy (non-hydrogen) atoms. The van der Waals surface area contributed by atoms with Crippen molar-refractivity contribution in [1.29, 1.82) is 0 Å². The topological polar surface area (TPSA) is 49.3 Å². The molecule has 3 rings (SSSR count). The molecular formula is C21H27ClN4O. The predicted octanol–water partition coefficient (Wildman–Crippen LogP) is 3.09. The number of carbonyl (C=O) groups excluding carboxylic acids is 1. The number of aromatic nitrogens is 2. The van der Waals surface area contributed by atoms with Gasteiger partial charge < -0.3 is 9.80 Å². The lowest BCUT2D eigenvalue weighted by Crippen LogP contribution is -2.42. The summed E-state index contributed by atoms with van der Waals surface area (Å²) in [5, 5.41) is 0.783. The summed E-state index contributed by atoms with van der Waals surface area (Å²) in [4.78, 5) is 25.0. The number of likely N-dealkylation sites (tertiary alicyclic amines) is 1. The van der Waals surface area contributed by atoms with E-state index in [0.29, 0.717) is 12.3 Å². The Morgan fingerprint density at radius 2 is 2.11 bits per heavy atom. The number of amides is 1. The molecule has 0 unspecified atom stereocenters. The van der Waals surface area contributed by atoms with E-state index < -0.39 is 0 Å². The molecular weight excluding hydrogens is 360 g/mol. The molecule has 0 N–H and O–H groups in total. The molecule has 1 amide bonds. The minimum absolute atomic E-state index is 0.105. The first-order valence-corrected chi connectivity index (χ1v) is 9.93. The first-order chi connectivity index (χ1) is 13.1. The molecule has 0 radical (unpaired) electrons. The van der Waals surface area contributed by atoms with Gasteiger partial charge in [0.2, 0.25) is 5.91 Å². The molecule has 1 aliphatic rings. The van der Waals surface area contributed by atoms with Crippen LogP contribution in [0.15, 0.2) is 42.9 Å². The minimum Gasteiger partial charge on any atom is -0.345 e. The molecule has 1 fully saturated rings. The van der Waals surface area contributed by atoms with E-state index in [1.165, 1.54) is 18.4 Å². The summed E-state index contributed by atoms with van der Waals surface area (Å²) in [6.07, 6.45) is 8.63. The molecule has 1 aromatic heterocycles. The van der Waals surface area contributed by atoms with E-state index in [9.17, 15) is 4.79 Å². The van der Waals surface area contributed by atoms with Crippen LogP contribution < -0.4 is 0 Å². The Morgan fingerprint density at radius 1 is 1.30 bits per heavy atom. The summed E-state index contributed by atoms with van der Waals surface area (Å²) >= 11 is 5.95. The summed E-state index contributed by atoms with van der Waals surface area (Å²) < 4.78 is 0. The van der Waals surface area contributed by atoms with Crippen molar-refractivity contribution in [3.63, 3.8) is 0 Å². The average Bonchev–Trinajstić information content (AvgIpc) is 2.68. The Morgan fingerprint density at radius 3 is 2.85 bits per heavy atom. The second kappa shape index (κ2) is 9.81. The maximum absolute atomic E-state index is 12.4. The number of hydrogen-bond donors (Lipinski definition) is 0. The average molecular weight is 387 g/mol. The van der Waals surface area contributed by atoms with E-state index >= 15 is 0 Å². The number of likely N-dealkylation sites (N-methyl/N-ethyl adjacent to an activating group) is 1. The fourth-order valence-electron chi connectivity index (χ4n) is 3.64. The van der Waals surface area contributed by atoms with Crippen LogP contribution in [-0.2, 0) is 17.6 Å². The van der Waals surface area contributed by atoms with Crippen LogP contribution >= 0.6 is 11.6 Å². The lowest BCUT2D eigenvalue weighted by atomic mass is 9.97. The van der Waals surface area contributed by atoms with Crippen LogP contribution in [0.4, 0.5) is 0 Å². The van der Waals surface area contributed by atoms with Gasteiger partial charge in [0.25, 0.3) is 0 Å². The number of carbonyl (C=O) groups is 1. The zero-order valence-corrected chi connectivity index (χ0v) is 16.6. The first kappa shape index (κ1) is 19.8. The number of piperidine rings is 1. The third-order valence-electron chi connectivity index (χ3n) is 5.14. The zero-order valence-electron chi connectivity index (χ0n) is 15.9. The molecule has 1 atom stereocenters. The maximum Gasteiger partial charge on any atom is 0.228 e. The van der Waals surface area contributed by atoms with Crippen molar-refractivity contribution in [2.75, 3.05) is 33.2 Å². The maximum atomic E-state index is 12.4. The molecule has 0 aliphatic carbocycles. The second-order valence-corrected chi connectivity index (χ2v) is 7.77. The van der Waals surface area contributed by atoms with E-state index in [-0.39, 0.29) is 5.91 Å². The van der Waals surface area contributed by atoms with Crippen LogP contribution in [-0.4, -0.2) is 58.9 Å². The Labute approximate surface area is 166 Å². The largest absolute Gasteiger partial charge is 0.345 e. The molecule has 2 heterocycles. The monoisotopic (exact) mass is 386 g/mol. The van der Waals surface area contributed by atoms with Crippen LogP contribution in [0.25, 0.3) is 0 Å². The van der Waals surface area contributed by atoms with Gasteiger partial charge >= 0.3 is 0 Å². The van der Waals surface area contributed by atoms with Crippen molar-refractivity contribution in [3.8, 4) is 0 Å². The molecule has 0 spiro atoms. The highest BCUT2D eigenvalue weighted by molar-refractivity contribution is 6.30. The van der Waals surface area contributed by atoms with Crippen molar-refractivity contribution in [3.05, 3.63) is 59.1 Å². The van der Waals surface area contributed by atoms with E-state index in [4.69, 9.17) is 11.6 Å². The van der Waals surface area contributed by atoms with Gasteiger partial charge in [-0.05, 0) is 49.4 Å². The van der Waals surface area contributed by atoms with E-state index in [0.717, 1.165) is 43.3 Å². The van der Waals surface area contributed by atoms with Gasteiger partial charge in [0.1, 0.15) is 0 Å². The molecule has 6 heteroatoms. The minimum atomic E-state index is 0.105. The van der Waals surface area contributed by atoms with Crippen LogP contribution in [0.2, 0.25) is 5.02 Å². The lowest BCUT2D eigenvalue weighted by molar-refractivity contribution is -0.130. The standard InChI is InChI=1S/C21H27ClN4O/c1-25(21(27)13-20-14-23-9-10-24-20)15-18-3-2-11-26(16-18)12-8-17-4-6-19(22)7-5-17/h4-7,9-10,14,18H,2-3,8,11-13,15-16H2,1H3/t18-/m1/s1. The molecule has 1 aromatic carbocycles. The van der Waals surface area contributed by atoms with Crippen molar-refractivity contribution >= 4 is 17.5 Å². The van der Waals surface area contributed by atoms with Crippen molar-refractivity contribution in [2.45, 2.75) is 25.7 Å². The number of benzene rings is 1. The van der Waals surface area contributed by atoms with Gasteiger partial charge in [-0.25, -0.2) is 0 Å². The summed E-state index contributed by atoms with van der Waals surface area (Å²) in [6, 6.07) is 8.10. The first-order valence-electron chi connectivity index (χ1n) is 9.56. The normalized spacial score (nSPS) is 17.6. The van der Waals surface area contributed by atoms with Gasteiger partial charge in [0, 0.05) is 50.3 Å². The Bertz CT molecular complexity index is 723. The van der Waals surface area contributed by atoms with Crippen LogP contribution in [0.1, 0.15) is 24.1 Å². The zero-order chi connectivity index (χ0) is 19.1. The van der Waals surface area contributed by atoms with Gasteiger partial charge in [-0.1, -0.05) is 23.7 Å². The molecule has 1 aliphatic heterocycles. The van der Waals surface area contributed by atoms with Gasteiger partial charge in [0.05, 0.1) is 12.1 Å². The van der Waals surface area contributed by atoms with E-state index in [1.807, 2.05) is 24.1 Å². The summed E-state index contributed by atoms with van der Waals surface area (Å²) in [7, 11) is 1.89. The van der Waals surface area contributed by atoms with E-state index in [1.54, 1.807) is 18.6 Å². The summed E-state index contributed by atoms with van der Waals surface area (Å²) in [5.41, 5.74) is 2.04. The highest BCUT2D eigenvalue weighted by Crippen LogP contribution is 2.18. The van der Waals surface area contributed by atoms with Gasteiger partial charge in [-0.3, -0.25) is 14.8 Å². The number of halogens is 1. The Kier molecular flexibility index (Phi) is 7.18. The number of hydrogen-bond acceptors (Lipinski definition) is 4. The summed E-state index contributed by atoms with van der Waals surface area (Å²) in [5.74, 6) is 0.633. The third-order valence-corrected chi connectivity index (χ3v) is 5.39. The SMILES string of the molecule is CN(C[C@H]1CCCN(CCc2ccc(Cl)cc2)C1)C(=O)Cc1cnccn1. The fraction of sp³-hybridized carbons (Fsp3) is 0.476. The molecule has 0 saturated carbocycles. The van der Waals surface area contributed by atoms with Crippen molar-refractivity contribution in [2.24, 2.45) is 5.92 Å². The predicted molar refractivity (Wildman–Crippen MR) is 108 cm³/mol.